The minimum atomic E-state index is -0.623. The fourth-order valence-corrected chi connectivity index (χ4v) is 2.72. The second kappa shape index (κ2) is 6.17. The molecule has 2 N–H and O–H groups in total. The maximum Gasteiger partial charge on any atom is 0.0869 e. The van der Waals surface area contributed by atoms with Crippen molar-refractivity contribution in [1.29, 1.82) is 0 Å². The van der Waals surface area contributed by atoms with Gasteiger partial charge in [0.25, 0.3) is 0 Å². The number of hydrogen-bond acceptors (Lipinski definition) is 3. The average molecular weight is 242 g/mol. The van der Waals surface area contributed by atoms with Gasteiger partial charge in [-0.15, -0.1) is 0 Å². The van der Waals surface area contributed by atoms with Gasteiger partial charge in [0, 0.05) is 25.2 Å². The highest BCUT2D eigenvalue weighted by atomic mass is 16.3. The van der Waals surface area contributed by atoms with Crippen LogP contribution in [-0.4, -0.2) is 47.3 Å². The summed E-state index contributed by atoms with van der Waals surface area (Å²) >= 11 is 0. The summed E-state index contributed by atoms with van der Waals surface area (Å²) in [5.41, 5.74) is -0.623. The second-order valence-corrected chi connectivity index (χ2v) is 6.46. The van der Waals surface area contributed by atoms with Gasteiger partial charge < -0.3 is 10.4 Å². The predicted molar refractivity (Wildman–Crippen MR) is 73.2 cm³/mol. The minimum Gasteiger partial charge on any atom is -0.388 e. The van der Waals surface area contributed by atoms with Crippen molar-refractivity contribution in [3.05, 3.63) is 0 Å². The zero-order valence-corrected chi connectivity index (χ0v) is 12.2. The van der Waals surface area contributed by atoms with E-state index in [0.717, 1.165) is 13.1 Å². The Bertz CT molecular complexity index is 226. The van der Waals surface area contributed by atoms with Crippen LogP contribution in [0.25, 0.3) is 0 Å². The van der Waals surface area contributed by atoms with Gasteiger partial charge in [0.1, 0.15) is 0 Å². The second-order valence-electron chi connectivity index (χ2n) is 6.46. The zero-order chi connectivity index (χ0) is 13.1. The van der Waals surface area contributed by atoms with Crippen LogP contribution < -0.4 is 5.32 Å². The molecule has 0 aromatic rings. The summed E-state index contributed by atoms with van der Waals surface area (Å²) in [5, 5.41) is 13.7. The van der Waals surface area contributed by atoms with Crippen molar-refractivity contribution in [2.75, 3.05) is 19.6 Å². The first-order valence-corrected chi connectivity index (χ1v) is 7.01. The molecule has 3 nitrogen and oxygen atoms in total. The van der Waals surface area contributed by atoms with Crippen LogP contribution in [0, 0.1) is 5.92 Å². The van der Waals surface area contributed by atoms with Gasteiger partial charge in [-0.25, -0.2) is 0 Å². The van der Waals surface area contributed by atoms with Gasteiger partial charge in [0.05, 0.1) is 5.60 Å². The lowest BCUT2D eigenvalue weighted by molar-refractivity contribution is 0.00970. The van der Waals surface area contributed by atoms with E-state index in [1.165, 1.54) is 12.8 Å². The molecule has 0 aromatic carbocycles. The fraction of sp³-hybridized carbons (Fsp3) is 1.00. The number of likely N-dealkylation sites (tertiary alicyclic amines) is 1. The smallest absolute Gasteiger partial charge is 0.0869 e. The Hall–Kier alpha value is -0.120. The van der Waals surface area contributed by atoms with Gasteiger partial charge in [-0.2, -0.15) is 0 Å². The average Bonchev–Trinajstić information content (AvgIpc) is 2.62. The molecule has 1 aliphatic heterocycles. The van der Waals surface area contributed by atoms with Crippen LogP contribution in [0.15, 0.2) is 0 Å². The minimum absolute atomic E-state index is 0.431. The molecule has 0 saturated carbocycles. The van der Waals surface area contributed by atoms with Crippen LogP contribution in [0.3, 0.4) is 0 Å². The first kappa shape index (κ1) is 14.9. The van der Waals surface area contributed by atoms with Crippen molar-refractivity contribution in [3.8, 4) is 0 Å². The third-order valence-corrected chi connectivity index (χ3v) is 3.62. The summed E-state index contributed by atoms with van der Waals surface area (Å²) in [6.07, 6.45) is 2.56. The van der Waals surface area contributed by atoms with E-state index in [1.54, 1.807) is 0 Å². The molecule has 0 spiro atoms. The Balaban J connectivity index is 2.45. The Labute approximate surface area is 107 Å². The van der Waals surface area contributed by atoms with Gasteiger partial charge in [-0.05, 0) is 32.2 Å². The lowest BCUT2D eigenvalue weighted by Gasteiger charge is -2.35. The van der Waals surface area contributed by atoms with Crippen molar-refractivity contribution in [2.45, 2.75) is 65.1 Å². The van der Waals surface area contributed by atoms with Crippen molar-refractivity contribution >= 4 is 0 Å². The number of aliphatic hydroxyl groups is 1. The summed E-state index contributed by atoms with van der Waals surface area (Å²) in [6, 6.07) is 1.08. The standard InChI is InChI=1S/C14H30N2O/c1-11(2)13-7-6-8-16(13)10-14(5,17)9-15-12(3)4/h11-13,15,17H,6-10H2,1-5H3. The molecule has 3 heteroatoms. The van der Waals surface area contributed by atoms with Crippen molar-refractivity contribution < 1.29 is 5.11 Å². The molecule has 0 bridgehead atoms. The molecule has 0 aromatic heterocycles. The molecule has 0 amide bonds. The van der Waals surface area contributed by atoms with Gasteiger partial charge in [0.2, 0.25) is 0 Å². The molecule has 2 unspecified atom stereocenters. The molecule has 17 heavy (non-hydrogen) atoms. The largest absolute Gasteiger partial charge is 0.388 e. The van der Waals surface area contributed by atoms with E-state index in [2.05, 4.69) is 37.9 Å². The zero-order valence-electron chi connectivity index (χ0n) is 12.2. The molecule has 2 atom stereocenters. The molecule has 0 aliphatic carbocycles. The summed E-state index contributed by atoms with van der Waals surface area (Å²) in [5.74, 6) is 0.686. The third kappa shape index (κ3) is 4.94. The summed E-state index contributed by atoms with van der Waals surface area (Å²) in [4.78, 5) is 2.46. The number of β-amino-alcohol motifs (C(OH)–C–C–N with tert-alkyl or cyclic N) is 1. The van der Waals surface area contributed by atoms with Crippen LogP contribution >= 0.6 is 0 Å². The summed E-state index contributed by atoms with van der Waals surface area (Å²) in [6.45, 7) is 13.3. The Morgan fingerprint density at radius 3 is 2.53 bits per heavy atom. The van der Waals surface area contributed by atoms with E-state index < -0.39 is 5.60 Å². The highest BCUT2D eigenvalue weighted by Crippen LogP contribution is 2.25. The van der Waals surface area contributed by atoms with E-state index in [-0.39, 0.29) is 0 Å². The van der Waals surface area contributed by atoms with Gasteiger partial charge in [0.15, 0.2) is 0 Å². The molecule has 1 saturated heterocycles. The van der Waals surface area contributed by atoms with Gasteiger partial charge in [-0.1, -0.05) is 27.7 Å². The molecule has 102 valence electrons. The molecular weight excluding hydrogens is 212 g/mol. The van der Waals surface area contributed by atoms with Crippen LogP contribution in [0.5, 0.6) is 0 Å². The normalized spacial score (nSPS) is 25.8. The number of nitrogens with zero attached hydrogens (tertiary/aromatic N) is 1. The monoisotopic (exact) mass is 242 g/mol. The molecule has 1 rings (SSSR count). The first-order valence-electron chi connectivity index (χ1n) is 7.01. The number of nitrogens with one attached hydrogen (secondary N) is 1. The molecule has 1 aliphatic rings. The Kier molecular flexibility index (Phi) is 5.42. The van der Waals surface area contributed by atoms with E-state index in [0.29, 0.717) is 24.5 Å². The Morgan fingerprint density at radius 1 is 1.35 bits per heavy atom. The fourth-order valence-electron chi connectivity index (χ4n) is 2.72. The van der Waals surface area contributed by atoms with Crippen LogP contribution in [0.1, 0.15) is 47.5 Å². The maximum atomic E-state index is 10.4. The quantitative estimate of drug-likeness (QED) is 0.746. The number of rotatable bonds is 6. The molecular formula is C14H30N2O. The maximum absolute atomic E-state index is 10.4. The SMILES string of the molecule is CC(C)NCC(C)(O)CN1CCCC1C(C)C. The van der Waals surface area contributed by atoms with Crippen LogP contribution in [0.2, 0.25) is 0 Å². The van der Waals surface area contributed by atoms with Crippen molar-refractivity contribution in [2.24, 2.45) is 5.92 Å². The first-order chi connectivity index (χ1) is 7.82. The predicted octanol–water partition coefficient (Wildman–Crippen LogP) is 1.86. The van der Waals surface area contributed by atoms with E-state index >= 15 is 0 Å². The van der Waals surface area contributed by atoms with E-state index in [1.807, 2.05) is 6.92 Å². The molecule has 0 radical (unpaired) electrons. The van der Waals surface area contributed by atoms with Gasteiger partial charge in [-0.3, -0.25) is 4.90 Å². The summed E-state index contributed by atoms with van der Waals surface area (Å²) < 4.78 is 0. The number of hydrogen-bond donors (Lipinski definition) is 2. The van der Waals surface area contributed by atoms with Crippen LogP contribution in [0.4, 0.5) is 0 Å². The lowest BCUT2D eigenvalue weighted by atomic mass is 9.99. The summed E-state index contributed by atoms with van der Waals surface area (Å²) in [7, 11) is 0. The van der Waals surface area contributed by atoms with E-state index in [9.17, 15) is 5.11 Å². The van der Waals surface area contributed by atoms with E-state index in [4.69, 9.17) is 0 Å². The molecule has 1 fully saturated rings. The lowest BCUT2D eigenvalue weighted by Crippen LogP contribution is -2.50. The van der Waals surface area contributed by atoms with Crippen LogP contribution in [-0.2, 0) is 0 Å². The Morgan fingerprint density at radius 2 is 2.00 bits per heavy atom. The van der Waals surface area contributed by atoms with Crippen molar-refractivity contribution in [3.63, 3.8) is 0 Å². The topological polar surface area (TPSA) is 35.5 Å². The van der Waals surface area contributed by atoms with Crippen molar-refractivity contribution in [1.82, 2.24) is 10.2 Å². The third-order valence-electron chi connectivity index (χ3n) is 3.62. The van der Waals surface area contributed by atoms with Gasteiger partial charge >= 0.3 is 0 Å². The highest BCUT2D eigenvalue weighted by Gasteiger charge is 2.32. The molecule has 1 heterocycles. The highest BCUT2D eigenvalue weighted by molar-refractivity contribution is 4.88.